The lowest BCUT2D eigenvalue weighted by Gasteiger charge is -2.24. The summed E-state index contributed by atoms with van der Waals surface area (Å²) in [6, 6.07) is 20.3. The fourth-order valence-corrected chi connectivity index (χ4v) is 3.77. The molecule has 0 saturated carbocycles. The summed E-state index contributed by atoms with van der Waals surface area (Å²) < 4.78 is 0. The van der Waals surface area contributed by atoms with Crippen molar-refractivity contribution in [3.05, 3.63) is 71.8 Å². The Balaban J connectivity index is 1.74. The monoisotopic (exact) mass is 283 g/mol. The molecule has 0 radical (unpaired) electrons. The van der Waals surface area contributed by atoms with Gasteiger partial charge < -0.3 is 4.90 Å². The normalized spacial score (nSPS) is 18.2. The van der Waals surface area contributed by atoms with Gasteiger partial charge in [0.2, 0.25) is 5.91 Å². The highest BCUT2D eigenvalue weighted by atomic mass is 32.2. The van der Waals surface area contributed by atoms with Crippen LogP contribution in [-0.2, 0) is 11.2 Å². The van der Waals surface area contributed by atoms with Gasteiger partial charge in [0.05, 0.1) is 6.42 Å². The first-order chi connectivity index (χ1) is 9.84. The van der Waals surface area contributed by atoms with Gasteiger partial charge in [0.25, 0.3) is 0 Å². The largest absolute Gasteiger partial charge is 0.325 e. The van der Waals surface area contributed by atoms with E-state index in [1.165, 1.54) is 5.56 Å². The van der Waals surface area contributed by atoms with Crippen molar-refractivity contribution in [2.24, 2.45) is 0 Å². The SMILES string of the molecule is O=C(Cc1ccccc1)N1CCSC1c1ccccc1. The van der Waals surface area contributed by atoms with Gasteiger partial charge in [-0.15, -0.1) is 11.8 Å². The number of amides is 1. The third-order valence-electron chi connectivity index (χ3n) is 3.49. The lowest BCUT2D eigenvalue weighted by molar-refractivity contribution is -0.130. The average Bonchev–Trinajstić information content (AvgIpc) is 2.99. The molecule has 0 spiro atoms. The van der Waals surface area contributed by atoms with Crippen LogP contribution in [0, 0.1) is 0 Å². The zero-order chi connectivity index (χ0) is 13.8. The Morgan fingerprint density at radius 2 is 1.70 bits per heavy atom. The third-order valence-corrected chi connectivity index (χ3v) is 4.75. The molecule has 1 heterocycles. The minimum Gasteiger partial charge on any atom is -0.325 e. The van der Waals surface area contributed by atoms with Gasteiger partial charge in [0.15, 0.2) is 0 Å². The molecule has 0 N–H and O–H groups in total. The Morgan fingerprint density at radius 3 is 2.40 bits per heavy atom. The van der Waals surface area contributed by atoms with Crippen LogP contribution in [0.3, 0.4) is 0 Å². The number of thioether (sulfide) groups is 1. The second kappa shape index (κ2) is 6.14. The second-order valence-electron chi connectivity index (χ2n) is 4.88. The molecular formula is C17H17NOS. The summed E-state index contributed by atoms with van der Waals surface area (Å²) in [5.41, 5.74) is 2.30. The summed E-state index contributed by atoms with van der Waals surface area (Å²) in [6.45, 7) is 0.843. The van der Waals surface area contributed by atoms with Crippen LogP contribution in [0.1, 0.15) is 16.5 Å². The minimum atomic E-state index is 0.174. The van der Waals surface area contributed by atoms with E-state index in [2.05, 4.69) is 12.1 Å². The van der Waals surface area contributed by atoms with E-state index in [1.54, 1.807) is 0 Å². The highest BCUT2D eigenvalue weighted by Crippen LogP contribution is 2.37. The molecule has 3 rings (SSSR count). The van der Waals surface area contributed by atoms with Crippen molar-refractivity contribution < 1.29 is 4.79 Å². The predicted octanol–water partition coefficient (Wildman–Crippen LogP) is 3.50. The number of carbonyl (C=O) groups is 1. The smallest absolute Gasteiger partial charge is 0.228 e. The van der Waals surface area contributed by atoms with Gasteiger partial charge in [-0.1, -0.05) is 60.7 Å². The molecule has 1 aliphatic heterocycles. The lowest BCUT2D eigenvalue weighted by atomic mass is 10.1. The summed E-state index contributed by atoms with van der Waals surface area (Å²) in [4.78, 5) is 14.5. The van der Waals surface area contributed by atoms with Crippen molar-refractivity contribution in [1.29, 1.82) is 0 Å². The Kier molecular flexibility index (Phi) is 4.07. The van der Waals surface area contributed by atoms with E-state index in [9.17, 15) is 4.79 Å². The summed E-state index contributed by atoms with van der Waals surface area (Å²) in [6.07, 6.45) is 0.491. The molecule has 2 aromatic carbocycles. The maximum atomic E-state index is 12.5. The zero-order valence-corrected chi connectivity index (χ0v) is 12.1. The first-order valence-corrected chi connectivity index (χ1v) is 7.89. The number of rotatable bonds is 3. The van der Waals surface area contributed by atoms with Crippen LogP contribution in [0.15, 0.2) is 60.7 Å². The van der Waals surface area contributed by atoms with Crippen molar-refractivity contribution in [1.82, 2.24) is 4.90 Å². The van der Waals surface area contributed by atoms with Crippen LogP contribution >= 0.6 is 11.8 Å². The fraction of sp³-hybridized carbons (Fsp3) is 0.235. The maximum absolute atomic E-state index is 12.5. The van der Waals surface area contributed by atoms with Crippen molar-refractivity contribution in [2.75, 3.05) is 12.3 Å². The van der Waals surface area contributed by atoms with Crippen LogP contribution in [0.2, 0.25) is 0 Å². The summed E-state index contributed by atoms with van der Waals surface area (Å²) in [7, 11) is 0. The number of hydrogen-bond donors (Lipinski definition) is 0. The van der Waals surface area contributed by atoms with Crippen LogP contribution in [0.5, 0.6) is 0 Å². The van der Waals surface area contributed by atoms with Gasteiger partial charge in [0.1, 0.15) is 5.37 Å². The summed E-state index contributed by atoms with van der Waals surface area (Å²) >= 11 is 1.85. The third kappa shape index (κ3) is 2.88. The molecule has 1 aliphatic rings. The zero-order valence-electron chi connectivity index (χ0n) is 11.2. The molecule has 1 unspecified atom stereocenters. The highest BCUT2D eigenvalue weighted by molar-refractivity contribution is 7.99. The molecule has 1 fully saturated rings. The van der Waals surface area contributed by atoms with Crippen molar-refractivity contribution >= 4 is 17.7 Å². The quantitative estimate of drug-likeness (QED) is 0.859. The fourth-order valence-electron chi connectivity index (χ4n) is 2.49. The molecule has 1 saturated heterocycles. The van der Waals surface area contributed by atoms with E-state index >= 15 is 0 Å². The standard InChI is InChI=1S/C17H17NOS/c19-16(13-14-7-3-1-4-8-14)18-11-12-20-17(18)15-9-5-2-6-10-15/h1-10,17H,11-13H2. The van der Waals surface area contributed by atoms with Gasteiger partial charge in [-0.2, -0.15) is 0 Å². The van der Waals surface area contributed by atoms with Gasteiger partial charge in [0, 0.05) is 12.3 Å². The minimum absolute atomic E-state index is 0.174. The van der Waals surface area contributed by atoms with Gasteiger partial charge in [-0.3, -0.25) is 4.79 Å². The van der Waals surface area contributed by atoms with Gasteiger partial charge in [-0.25, -0.2) is 0 Å². The van der Waals surface area contributed by atoms with E-state index in [0.29, 0.717) is 6.42 Å². The first-order valence-electron chi connectivity index (χ1n) is 6.84. The molecule has 1 atom stereocenters. The maximum Gasteiger partial charge on any atom is 0.228 e. The number of nitrogens with zero attached hydrogens (tertiary/aromatic N) is 1. The Hall–Kier alpha value is -1.74. The Labute approximate surface area is 123 Å². The van der Waals surface area contributed by atoms with E-state index < -0.39 is 0 Å². The van der Waals surface area contributed by atoms with Crippen molar-refractivity contribution in [3.8, 4) is 0 Å². The van der Waals surface area contributed by atoms with Crippen LogP contribution < -0.4 is 0 Å². The Bertz CT molecular complexity index is 570. The molecule has 102 valence electrons. The number of carbonyl (C=O) groups excluding carboxylic acids is 1. The molecule has 20 heavy (non-hydrogen) atoms. The molecule has 2 nitrogen and oxygen atoms in total. The molecule has 0 bridgehead atoms. The Morgan fingerprint density at radius 1 is 1.05 bits per heavy atom. The second-order valence-corrected chi connectivity index (χ2v) is 6.07. The molecule has 0 aliphatic carbocycles. The van der Waals surface area contributed by atoms with Crippen molar-refractivity contribution in [3.63, 3.8) is 0 Å². The lowest BCUT2D eigenvalue weighted by Crippen LogP contribution is -2.31. The number of hydrogen-bond acceptors (Lipinski definition) is 2. The van der Waals surface area contributed by atoms with Crippen LogP contribution in [0.25, 0.3) is 0 Å². The van der Waals surface area contributed by atoms with Crippen molar-refractivity contribution in [2.45, 2.75) is 11.8 Å². The van der Waals surface area contributed by atoms with E-state index in [0.717, 1.165) is 17.9 Å². The van der Waals surface area contributed by atoms with Crippen LogP contribution in [-0.4, -0.2) is 23.1 Å². The predicted molar refractivity (Wildman–Crippen MR) is 83.5 cm³/mol. The van der Waals surface area contributed by atoms with E-state index in [4.69, 9.17) is 0 Å². The molecule has 2 aromatic rings. The molecule has 3 heteroatoms. The topological polar surface area (TPSA) is 20.3 Å². The van der Waals surface area contributed by atoms with E-state index in [1.807, 2.05) is 65.2 Å². The van der Waals surface area contributed by atoms with Crippen LogP contribution in [0.4, 0.5) is 0 Å². The average molecular weight is 283 g/mol. The molecule has 1 amide bonds. The first kappa shape index (κ1) is 13.3. The molecule has 0 aromatic heterocycles. The van der Waals surface area contributed by atoms with Gasteiger partial charge in [-0.05, 0) is 11.1 Å². The number of benzene rings is 2. The van der Waals surface area contributed by atoms with Gasteiger partial charge >= 0.3 is 0 Å². The van der Waals surface area contributed by atoms with E-state index in [-0.39, 0.29) is 11.3 Å². The summed E-state index contributed by atoms with van der Waals surface area (Å²) in [5, 5.41) is 0.174. The highest BCUT2D eigenvalue weighted by Gasteiger charge is 2.30. The molecular weight excluding hydrogens is 266 g/mol. The summed E-state index contributed by atoms with van der Waals surface area (Å²) in [5.74, 6) is 1.23.